The molecule has 2 nitrogen and oxygen atoms in total. The minimum Gasteiger partial charge on any atom is -0.370 e. The number of nitrogens with zero attached hydrogens (tertiary/aromatic N) is 1. The van der Waals surface area contributed by atoms with E-state index in [1.165, 1.54) is 6.07 Å². The highest BCUT2D eigenvalue weighted by molar-refractivity contribution is 9.10. The van der Waals surface area contributed by atoms with Crippen molar-refractivity contribution in [3.63, 3.8) is 0 Å². The van der Waals surface area contributed by atoms with Gasteiger partial charge >= 0.3 is 6.18 Å². The molecule has 1 aliphatic rings. The van der Waals surface area contributed by atoms with Gasteiger partial charge < -0.3 is 10.2 Å². The molecule has 0 aromatic heterocycles. The van der Waals surface area contributed by atoms with Crippen LogP contribution in [0, 0.1) is 0 Å². The molecule has 1 aromatic carbocycles. The van der Waals surface area contributed by atoms with Crippen molar-refractivity contribution in [1.29, 1.82) is 0 Å². The number of alkyl halides is 3. The summed E-state index contributed by atoms with van der Waals surface area (Å²) in [4.78, 5) is 2.03. The number of rotatable bonds is 3. The number of benzene rings is 1. The molecule has 1 aliphatic heterocycles. The van der Waals surface area contributed by atoms with Crippen LogP contribution in [0.2, 0.25) is 0 Å². The monoisotopic (exact) mass is 364 g/mol. The minimum absolute atomic E-state index is 0.326. The van der Waals surface area contributed by atoms with Gasteiger partial charge in [0.1, 0.15) is 0 Å². The Bertz CT molecular complexity index is 488. The maximum atomic E-state index is 12.9. The summed E-state index contributed by atoms with van der Waals surface area (Å²) in [6, 6.07) is 4.82. The van der Waals surface area contributed by atoms with Gasteiger partial charge in [0.25, 0.3) is 0 Å². The van der Waals surface area contributed by atoms with Crippen molar-refractivity contribution in [2.75, 3.05) is 18.0 Å². The first-order valence-electron chi connectivity index (χ1n) is 7.14. The normalized spacial score (nSPS) is 20.1. The number of piperidine rings is 1. The lowest BCUT2D eigenvalue weighted by Gasteiger charge is -2.36. The Morgan fingerprint density at radius 2 is 2.00 bits per heavy atom. The average Bonchev–Trinajstić information content (AvgIpc) is 2.36. The molecule has 1 unspecified atom stereocenters. The van der Waals surface area contributed by atoms with Gasteiger partial charge in [-0.3, -0.25) is 0 Å². The van der Waals surface area contributed by atoms with Crippen molar-refractivity contribution in [3.05, 3.63) is 28.2 Å². The highest BCUT2D eigenvalue weighted by Crippen LogP contribution is 2.35. The van der Waals surface area contributed by atoms with Crippen LogP contribution in [0.4, 0.5) is 18.9 Å². The number of hydrogen-bond donors (Lipinski definition) is 1. The number of halogens is 4. The molecular weight excluding hydrogens is 345 g/mol. The first-order chi connectivity index (χ1) is 9.75. The topological polar surface area (TPSA) is 15.3 Å². The van der Waals surface area contributed by atoms with E-state index in [4.69, 9.17) is 0 Å². The zero-order chi connectivity index (χ0) is 15.6. The van der Waals surface area contributed by atoms with E-state index in [1.807, 2.05) is 4.90 Å². The van der Waals surface area contributed by atoms with E-state index in [9.17, 15) is 13.2 Å². The molecule has 6 heteroatoms. The quantitative estimate of drug-likeness (QED) is 0.852. The Hall–Kier alpha value is -0.750. The van der Waals surface area contributed by atoms with Crippen molar-refractivity contribution in [2.24, 2.45) is 0 Å². The van der Waals surface area contributed by atoms with Crippen molar-refractivity contribution in [2.45, 2.75) is 44.9 Å². The number of hydrogen-bond acceptors (Lipinski definition) is 2. The van der Waals surface area contributed by atoms with Crippen LogP contribution in [0.3, 0.4) is 0 Å². The van der Waals surface area contributed by atoms with Gasteiger partial charge in [-0.2, -0.15) is 13.2 Å². The summed E-state index contributed by atoms with van der Waals surface area (Å²) in [5, 5.41) is 3.47. The first kappa shape index (κ1) is 16.6. The highest BCUT2D eigenvalue weighted by Gasteiger charge is 2.32. The fourth-order valence-electron chi connectivity index (χ4n) is 2.74. The van der Waals surface area contributed by atoms with Gasteiger partial charge in [-0.15, -0.1) is 0 Å². The summed E-state index contributed by atoms with van der Waals surface area (Å²) in [5.41, 5.74) is 0.0257. The Morgan fingerprint density at radius 1 is 1.29 bits per heavy atom. The first-order valence-corrected chi connectivity index (χ1v) is 7.94. The molecule has 1 atom stereocenters. The maximum absolute atomic E-state index is 12.9. The van der Waals surface area contributed by atoms with Gasteiger partial charge in [0.15, 0.2) is 0 Å². The third-order valence-electron chi connectivity index (χ3n) is 3.57. The van der Waals surface area contributed by atoms with Crippen LogP contribution < -0.4 is 10.2 Å². The van der Waals surface area contributed by atoms with Crippen LogP contribution in [0.25, 0.3) is 0 Å². The molecule has 1 N–H and O–H groups in total. The zero-order valence-corrected chi connectivity index (χ0v) is 13.8. The van der Waals surface area contributed by atoms with Crippen molar-refractivity contribution in [1.82, 2.24) is 5.32 Å². The summed E-state index contributed by atoms with van der Waals surface area (Å²) in [7, 11) is 0. The van der Waals surface area contributed by atoms with Crippen molar-refractivity contribution < 1.29 is 13.2 Å². The highest BCUT2D eigenvalue weighted by atomic mass is 79.9. The van der Waals surface area contributed by atoms with Crippen LogP contribution in [-0.2, 0) is 6.18 Å². The lowest BCUT2D eigenvalue weighted by atomic mass is 10.0. The fraction of sp³-hybridized carbons (Fsp3) is 0.600. The second-order valence-electron chi connectivity index (χ2n) is 5.80. The summed E-state index contributed by atoms with van der Waals surface area (Å²) >= 11 is 3.19. The van der Waals surface area contributed by atoms with Crippen LogP contribution in [0.5, 0.6) is 0 Å². The zero-order valence-electron chi connectivity index (χ0n) is 12.2. The smallest absolute Gasteiger partial charge is 0.370 e. The molecule has 0 amide bonds. The summed E-state index contributed by atoms with van der Waals surface area (Å²) < 4.78 is 39.2. The van der Waals surface area contributed by atoms with E-state index in [-0.39, 0.29) is 0 Å². The molecule has 1 aromatic rings. The third-order valence-corrected chi connectivity index (χ3v) is 4.02. The molecular formula is C15H20BrF3N2. The van der Waals surface area contributed by atoms with E-state index < -0.39 is 11.7 Å². The molecule has 0 aliphatic carbocycles. The Balaban J connectivity index is 2.19. The van der Waals surface area contributed by atoms with E-state index in [2.05, 4.69) is 35.1 Å². The SMILES string of the molecule is CC(C)NC1CCCN(c2cc(Br)cc(C(F)(F)F)c2)C1. The fourth-order valence-corrected chi connectivity index (χ4v) is 3.22. The minimum atomic E-state index is -4.32. The van der Waals surface area contributed by atoms with Gasteiger partial charge in [0.05, 0.1) is 5.56 Å². The van der Waals surface area contributed by atoms with Crippen molar-refractivity contribution in [3.8, 4) is 0 Å². The van der Waals surface area contributed by atoms with Gasteiger partial charge in [0, 0.05) is 35.3 Å². The molecule has 21 heavy (non-hydrogen) atoms. The summed E-state index contributed by atoms with van der Waals surface area (Å²) in [6.07, 6.45) is -2.27. The van der Waals surface area contributed by atoms with E-state index >= 15 is 0 Å². The lowest BCUT2D eigenvalue weighted by Crippen LogP contribution is -2.48. The van der Waals surface area contributed by atoms with Gasteiger partial charge in [-0.25, -0.2) is 0 Å². The molecule has 1 fully saturated rings. The Morgan fingerprint density at radius 3 is 2.62 bits per heavy atom. The molecule has 0 saturated carbocycles. The van der Waals surface area contributed by atoms with Crippen LogP contribution >= 0.6 is 15.9 Å². The molecule has 1 saturated heterocycles. The predicted molar refractivity (Wildman–Crippen MR) is 82.7 cm³/mol. The number of nitrogens with one attached hydrogen (secondary N) is 1. The van der Waals surface area contributed by atoms with E-state index in [1.54, 1.807) is 6.07 Å². The molecule has 0 bridgehead atoms. The van der Waals surface area contributed by atoms with E-state index in [0.717, 1.165) is 32.0 Å². The summed E-state index contributed by atoms with van der Waals surface area (Å²) in [6.45, 7) is 5.70. The standard InChI is InChI=1S/C15H20BrF3N2/c1-10(2)20-13-4-3-5-21(9-13)14-7-11(15(17,18)19)6-12(16)8-14/h6-8,10,13,20H,3-5,9H2,1-2H3. The molecule has 0 spiro atoms. The molecule has 2 rings (SSSR count). The molecule has 1 heterocycles. The summed E-state index contributed by atoms with van der Waals surface area (Å²) in [5.74, 6) is 0. The predicted octanol–water partition coefficient (Wildman–Crippen LogP) is 4.43. The Labute approximate surface area is 131 Å². The van der Waals surface area contributed by atoms with Crippen LogP contribution in [0.15, 0.2) is 22.7 Å². The average molecular weight is 365 g/mol. The second kappa shape index (κ2) is 6.57. The lowest BCUT2D eigenvalue weighted by molar-refractivity contribution is -0.137. The third kappa shape index (κ3) is 4.61. The van der Waals surface area contributed by atoms with Gasteiger partial charge in [-0.05, 0) is 31.0 Å². The van der Waals surface area contributed by atoms with E-state index in [0.29, 0.717) is 22.2 Å². The van der Waals surface area contributed by atoms with Crippen LogP contribution in [0.1, 0.15) is 32.3 Å². The Kier molecular flexibility index (Phi) is 5.20. The maximum Gasteiger partial charge on any atom is 0.416 e. The van der Waals surface area contributed by atoms with Gasteiger partial charge in [0.2, 0.25) is 0 Å². The molecule has 118 valence electrons. The largest absolute Gasteiger partial charge is 0.416 e. The van der Waals surface area contributed by atoms with Crippen molar-refractivity contribution >= 4 is 21.6 Å². The second-order valence-corrected chi connectivity index (χ2v) is 6.72. The van der Waals surface area contributed by atoms with Gasteiger partial charge in [-0.1, -0.05) is 29.8 Å². The van der Waals surface area contributed by atoms with Crippen LogP contribution in [-0.4, -0.2) is 25.2 Å². The molecule has 0 radical (unpaired) electrons. The number of anilines is 1.